The molecule has 0 aliphatic carbocycles. The van der Waals surface area contributed by atoms with Crippen LogP contribution in [0.1, 0.15) is 30.3 Å². The molecule has 20 heavy (non-hydrogen) atoms. The van der Waals surface area contributed by atoms with Crippen molar-refractivity contribution in [2.75, 3.05) is 6.54 Å². The number of rotatable bonds is 5. The molecule has 0 atom stereocenters. The van der Waals surface area contributed by atoms with Gasteiger partial charge in [0.1, 0.15) is 0 Å². The second kappa shape index (κ2) is 6.61. The van der Waals surface area contributed by atoms with Gasteiger partial charge in [-0.1, -0.05) is 36.2 Å². The van der Waals surface area contributed by atoms with E-state index in [-0.39, 0.29) is 0 Å². The fourth-order valence-electron chi connectivity index (χ4n) is 2.14. The van der Waals surface area contributed by atoms with Gasteiger partial charge in [0.15, 0.2) is 0 Å². The van der Waals surface area contributed by atoms with E-state index in [1.54, 1.807) is 0 Å². The highest BCUT2D eigenvalue weighted by Crippen LogP contribution is 2.26. The minimum Gasteiger partial charge on any atom is -0.313 e. The number of nitrogens with zero attached hydrogens (tertiary/aromatic N) is 2. The maximum atomic E-state index is 6.24. The van der Waals surface area contributed by atoms with Gasteiger partial charge in [0, 0.05) is 11.6 Å². The minimum absolute atomic E-state index is 0.697. The molecule has 0 bridgehead atoms. The fraction of sp³-hybridized carbons (Fsp3) is 0.400. The summed E-state index contributed by atoms with van der Waals surface area (Å²) in [6.07, 6.45) is 1.11. The minimum atomic E-state index is 0.697. The molecular weight excluding hydrogens is 293 g/mol. The zero-order valence-corrected chi connectivity index (χ0v) is 13.5. The number of hydrogen-bond donors (Lipinski definition) is 1. The van der Waals surface area contributed by atoms with Crippen LogP contribution in [0.5, 0.6) is 0 Å². The van der Waals surface area contributed by atoms with E-state index in [0.717, 1.165) is 42.1 Å². The largest absolute Gasteiger partial charge is 0.313 e. The lowest BCUT2D eigenvalue weighted by molar-refractivity contribution is 0.669. The monoisotopic (exact) mass is 311 g/mol. The Labute approximate surface area is 129 Å². The maximum Gasteiger partial charge on any atom is 0.0848 e. The van der Waals surface area contributed by atoms with E-state index in [1.807, 2.05) is 36.7 Å². The maximum absolute atomic E-state index is 6.24. The summed E-state index contributed by atoms with van der Waals surface area (Å²) in [5, 5.41) is 9.32. The standard InChI is InChI=1S/C15H19Cl2N3/c1-4-7-18-9-12-5-6-13(16)8-14(12)20-11(3)15(17)10(2)19-20/h5-6,8,18H,4,7,9H2,1-3H3. The van der Waals surface area contributed by atoms with E-state index in [9.17, 15) is 0 Å². The molecule has 2 rings (SSSR count). The summed E-state index contributed by atoms with van der Waals surface area (Å²) < 4.78 is 1.87. The molecule has 0 aliphatic rings. The highest BCUT2D eigenvalue weighted by molar-refractivity contribution is 6.32. The van der Waals surface area contributed by atoms with Gasteiger partial charge in [-0.25, -0.2) is 4.68 Å². The Morgan fingerprint density at radius 1 is 1.25 bits per heavy atom. The molecule has 0 aliphatic heterocycles. The van der Waals surface area contributed by atoms with Crippen molar-refractivity contribution >= 4 is 23.2 Å². The molecule has 2 aromatic rings. The first-order valence-electron chi connectivity index (χ1n) is 6.75. The van der Waals surface area contributed by atoms with Crippen LogP contribution in [0.15, 0.2) is 18.2 Å². The number of benzene rings is 1. The van der Waals surface area contributed by atoms with Crippen LogP contribution in [0.4, 0.5) is 0 Å². The summed E-state index contributed by atoms with van der Waals surface area (Å²) in [7, 11) is 0. The molecule has 0 unspecified atom stereocenters. The first-order valence-corrected chi connectivity index (χ1v) is 7.51. The molecule has 0 spiro atoms. The van der Waals surface area contributed by atoms with Crippen LogP contribution in [0.25, 0.3) is 5.69 Å². The van der Waals surface area contributed by atoms with E-state index < -0.39 is 0 Å². The third-order valence-corrected chi connectivity index (χ3v) is 4.00. The van der Waals surface area contributed by atoms with Crippen LogP contribution in [-0.4, -0.2) is 16.3 Å². The Hall–Kier alpha value is -1.03. The van der Waals surface area contributed by atoms with Crippen molar-refractivity contribution in [2.24, 2.45) is 0 Å². The molecule has 1 N–H and O–H groups in total. The molecule has 0 amide bonds. The van der Waals surface area contributed by atoms with Crippen LogP contribution < -0.4 is 5.32 Å². The lowest BCUT2D eigenvalue weighted by Crippen LogP contribution is -2.16. The van der Waals surface area contributed by atoms with Gasteiger partial charge in [-0.2, -0.15) is 5.10 Å². The molecule has 1 aromatic heterocycles. The van der Waals surface area contributed by atoms with Gasteiger partial charge in [0.05, 0.1) is 22.1 Å². The number of nitrogens with one attached hydrogen (secondary N) is 1. The van der Waals surface area contributed by atoms with Crippen molar-refractivity contribution in [2.45, 2.75) is 33.7 Å². The van der Waals surface area contributed by atoms with Gasteiger partial charge in [-0.3, -0.25) is 0 Å². The molecule has 5 heteroatoms. The summed E-state index contributed by atoms with van der Waals surface area (Å²) in [6, 6.07) is 5.87. The molecule has 3 nitrogen and oxygen atoms in total. The average Bonchev–Trinajstić information content (AvgIpc) is 2.68. The normalized spacial score (nSPS) is 11.1. The smallest absolute Gasteiger partial charge is 0.0848 e. The Kier molecular flexibility index (Phi) is 5.08. The van der Waals surface area contributed by atoms with Crippen LogP contribution in [0.3, 0.4) is 0 Å². The van der Waals surface area contributed by atoms with Gasteiger partial charge in [-0.05, 0) is 44.5 Å². The number of aryl methyl sites for hydroxylation is 1. The topological polar surface area (TPSA) is 29.9 Å². The summed E-state index contributed by atoms with van der Waals surface area (Å²) >= 11 is 12.4. The van der Waals surface area contributed by atoms with E-state index in [4.69, 9.17) is 23.2 Å². The summed E-state index contributed by atoms with van der Waals surface area (Å²) in [4.78, 5) is 0. The SMILES string of the molecule is CCCNCc1ccc(Cl)cc1-n1nc(C)c(Cl)c1C. The van der Waals surface area contributed by atoms with E-state index >= 15 is 0 Å². The molecule has 0 radical (unpaired) electrons. The highest BCUT2D eigenvalue weighted by atomic mass is 35.5. The zero-order valence-electron chi connectivity index (χ0n) is 12.0. The second-order valence-corrected chi connectivity index (χ2v) is 5.66. The van der Waals surface area contributed by atoms with Gasteiger partial charge in [-0.15, -0.1) is 0 Å². The quantitative estimate of drug-likeness (QED) is 0.834. The van der Waals surface area contributed by atoms with Crippen molar-refractivity contribution in [3.05, 3.63) is 45.2 Å². The molecule has 0 saturated carbocycles. The van der Waals surface area contributed by atoms with Gasteiger partial charge in [0.25, 0.3) is 0 Å². The Morgan fingerprint density at radius 3 is 2.60 bits per heavy atom. The lowest BCUT2D eigenvalue weighted by Gasteiger charge is -2.12. The molecule has 108 valence electrons. The van der Waals surface area contributed by atoms with Crippen LogP contribution in [0.2, 0.25) is 10.0 Å². The predicted molar refractivity (Wildman–Crippen MR) is 85.1 cm³/mol. The summed E-state index contributed by atoms with van der Waals surface area (Å²) in [6.45, 7) is 7.80. The third kappa shape index (κ3) is 3.17. The van der Waals surface area contributed by atoms with Gasteiger partial charge in [0.2, 0.25) is 0 Å². The molecule has 0 fully saturated rings. The van der Waals surface area contributed by atoms with E-state index in [1.165, 1.54) is 0 Å². The predicted octanol–water partition coefficient (Wildman–Crippen LogP) is 4.30. The number of halogens is 2. The number of hydrogen-bond acceptors (Lipinski definition) is 2. The van der Waals surface area contributed by atoms with Gasteiger partial charge >= 0.3 is 0 Å². The second-order valence-electron chi connectivity index (χ2n) is 4.85. The van der Waals surface area contributed by atoms with Crippen LogP contribution in [0, 0.1) is 13.8 Å². The first kappa shape index (κ1) is 15.4. The molecule has 0 saturated heterocycles. The summed E-state index contributed by atoms with van der Waals surface area (Å²) in [5.74, 6) is 0. The van der Waals surface area contributed by atoms with Gasteiger partial charge < -0.3 is 5.32 Å². The Morgan fingerprint density at radius 2 is 2.00 bits per heavy atom. The fourth-order valence-corrected chi connectivity index (χ4v) is 2.43. The average molecular weight is 312 g/mol. The third-order valence-electron chi connectivity index (χ3n) is 3.22. The van der Waals surface area contributed by atoms with Crippen molar-refractivity contribution in [1.29, 1.82) is 0 Å². The van der Waals surface area contributed by atoms with Crippen LogP contribution >= 0.6 is 23.2 Å². The first-order chi connectivity index (χ1) is 9.54. The molecule has 1 heterocycles. The lowest BCUT2D eigenvalue weighted by atomic mass is 10.1. The Bertz CT molecular complexity index is 605. The molecule has 1 aromatic carbocycles. The number of aromatic nitrogens is 2. The Balaban J connectivity index is 2.43. The van der Waals surface area contributed by atoms with Crippen molar-refractivity contribution < 1.29 is 0 Å². The molecular formula is C15H19Cl2N3. The summed E-state index contributed by atoms with van der Waals surface area (Å²) in [5.41, 5.74) is 3.90. The van der Waals surface area contributed by atoms with Crippen molar-refractivity contribution in [1.82, 2.24) is 15.1 Å². The van der Waals surface area contributed by atoms with E-state index in [0.29, 0.717) is 10.0 Å². The van der Waals surface area contributed by atoms with Crippen molar-refractivity contribution in [3.8, 4) is 5.69 Å². The van der Waals surface area contributed by atoms with E-state index in [2.05, 4.69) is 17.3 Å². The van der Waals surface area contributed by atoms with Crippen LogP contribution in [-0.2, 0) is 6.54 Å². The highest BCUT2D eigenvalue weighted by Gasteiger charge is 2.14. The zero-order chi connectivity index (χ0) is 14.7. The van der Waals surface area contributed by atoms with Crippen molar-refractivity contribution in [3.63, 3.8) is 0 Å².